The molecule has 0 spiro atoms. The molecular formula is C13H20N4O3. The Morgan fingerprint density at radius 2 is 2.10 bits per heavy atom. The van der Waals surface area contributed by atoms with E-state index in [0.717, 1.165) is 0 Å². The first-order valence-electron chi connectivity index (χ1n) is 6.24. The maximum atomic E-state index is 11.8. The summed E-state index contributed by atoms with van der Waals surface area (Å²) in [5.74, 6) is -0.656. The number of ether oxygens (including phenoxy) is 1. The number of hydrogen-bond acceptors (Lipinski definition) is 6. The molecule has 0 aromatic carbocycles. The Kier molecular flexibility index (Phi) is 4.90. The largest absolute Gasteiger partial charge is 0.462 e. The second kappa shape index (κ2) is 6.23. The van der Waals surface area contributed by atoms with Gasteiger partial charge in [-0.05, 0) is 26.8 Å². The monoisotopic (exact) mass is 280 g/mol. The van der Waals surface area contributed by atoms with E-state index in [1.165, 1.54) is 12.3 Å². The molecule has 7 nitrogen and oxygen atoms in total. The Bertz CT molecular complexity index is 514. The first-order chi connectivity index (χ1) is 9.27. The molecule has 5 N–H and O–H groups in total. The number of carbonyl (C=O) groups is 2. The van der Waals surface area contributed by atoms with Gasteiger partial charge in [0.2, 0.25) is 5.91 Å². The van der Waals surface area contributed by atoms with E-state index in [9.17, 15) is 9.59 Å². The number of rotatable bonds is 6. The average molecular weight is 280 g/mol. The number of esters is 1. The first-order valence-corrected chi connectivity index (χ1v) is 6.24. The summed E-state index contributed by atoms with van der Waals surface area (Å²) < 4.78 is 4.94. The highest BCUT2D eigenvalue weighted by molar-refractivity contribution is 5.95. The lowest BCUT2D eigenvalue weighted by Gasteiger charge is -2.21. The van der Waals surface area contributed by atoms with Crippen LogP contribution in [0.3, 0.4) is 0 Å². The predicted octanol–water partition coefficient (Wildman–Crippen LogP) is 0.764. The molecule has 1 amide bonds. The van der Waals surface area contributed by atoms with Crippen LogP contribution in [0, 0.1) is 5.41 Å². The molecule has 20 heavy (non-hydrogen) atoms. The zero-order valence-corrected chi connectivity index (χ0v) is 11.9. The summed E-state index contributed by atoms with van der Waals surface area (Å²) >= 11 is 0. The van der Waals surface area contributed by atoms with Crippen LogP contribution in [0.5, 0.6) is 0 Å². The van der Waals surface area contributed by atoms with Crippen molar-refractivity contribution in [3.05, 3.63) is 17.8 Å². The fourth-order valence-electron chi connectivity index (χ4n) is 1.38. The highest BCUT2D eigenvalue weighted by Gasteiger charge is 2.25. The molecule has 0 aliphatic heterocycles. The van der Waals surface area contributed by atoms with E-state index in [-0.39, 0.29) is 18.7 Å². The maximum Gasteiger partial charge on any atom is 0.341 e. The summed E-state index contributed by atoms with van der Waals surface area (Å²) in [4.78, 5) is 27.1. The van der Waals surface area contributed by atoms with Crippen molar-refractivity contribution in [1.82, 2.24) is 4.98 Å². The van der Waals surface area contributed by atoms with Crippen LogP contribution >= 0.6 is 0 Å². The third-order valence-electron chi connectivity index (χ3n) is 2.77. The zero-order chi connectivity index (χ0) is 15.3. The molecule has 1 heterocycles. The third kappa shape index (κ3) is 3.84. The van der Waals surface area contributed by atoms with Crippen molar-refractivity contribution in [2.75, 3.05) is 24.2 Å². The minimum absolute atomic E-state index is 0.229. The van der Waals surface area contributed by atoms with Gasteiger partial charge in [-0.1, -0.05) is 0 Å². The van der Waals surface area contributed by atoms with Crippen LogP contribution in [-0.4, -0.2) is 30.0 Å². The molecule has 7 heteroatoms. The van der Waals surface area contributed by atoms with Crippen LogP contribution in [0.2, 0.25) is 0 Å². The number of hydrogen-bond donors (Lipinski definition) is 3. The topological polar surface area (TPSA) is 120 Å². The molecule has 0 aliphatic carbocycles. The van der Waals surface area contributed by atoms with Gasteiger partial charge >= 0.3 is 5.97 Å². The number of amides is 1. The zero-order valence-electron chi connectivity index (χ0n) is 11.9. The molecule has 0 saturated carbocycles. The Morgan fingerprint density at radius 1 is 1.45 bits per heavy atom. The Balaban J connectivity index is 2.95. The van der Waals surface area contributed by atoms with E-state index in [0.29, 0.717) is 11.5 Å². The van der Waals surface area contributed by atoms with E-state index in [4.69, 9.17) is 16.2 Å². The van der Waals surface area contributed by atoms with Crippen molar-refractivity contribution >= 4 is 23.4 Å². The molecule has 0 aliphatic rings. The third-order valence-corrected chi connectivity index (χ3v) is 2.77. The molecule has 1 rings (SSSR count). The van der Waals surface area contributed by atoms with Crippen LogP contribution in [-0.2, 0) is 9.53 Å². The van der Waals surface area contributed by atoms with Crippen LogP contribution < -0.4 is 16.8 Å². The lowest BCUT2D eigenvalue weighted by molar-refractivity contribution is -0.125. The number of primary amides is 1. The standard InChI is InChI=1S/C13H20N4O3/c1-4-20-11(18)9-5-8(14)6-16-10(9)17-7-13(2,3)12(15)19/h5-6H,4,7,14H2,1-3H3,(H2,15,19)(H,16,17). The molecule has 110 valence electrons. The number of aromatic nitrogens is 1. The summed E-state index contributed by atoms with van der Waals surface area (Å²) in [6, 6.07) is 1.48. The van der Waals surface area contributed by atoms with E-state index < -0.39 is 17.3 Å². The van der Waals surface area contributed by atoms with Gasteiger partial charge in [0, 0.05) is 6.54 Å². The lowest BCUT2D eigenvalue weighted by Crippen LogP contribution is -2.37. The van der Waals surface area contributed by atoms with Crippen molar-refractivity contribution in [2.45, 2.75) is 20.8 Å². The van der Waals surface area contributed by atoms with Crippen LogP contribution in [0.15, 0.2) is 12.3 Å². The van der Waals surface area contributed by atoms with E-state index in [1.54, 1.807) is 20.8 Å². The summed E-state index contributed by atoms with van der Waals surface area (Å²) in [5, 5.41) is 2.93. The van der Waals surface area contributed by atoms with Gasteiger partial charge in [0.15, 0.2) is 0 Å². The van der Waals surface area contributed by atoms with Gasteiger partial charge in [-0.25, -0.2) is 9.78 Å². The van der Waals surface area contributed by atoms with Crippen molar-refractivity contribution in [2.24, 2.45) is 11.1 Å². The van der Waals surface area contributed by atoms with Gasteiger partial charge in [-0.3, -0.25) is 4.79 Å². The minimum atomic E-state index is -0.769. The lowest BCUT2D eigenvalue weighted by atomic mass is 9.93. The van der Waals surface area contributed by atoms with Gasteiger partial charge in [0.25, 0.3) is 0 Å². The van der Waals surface area contributed by atoms with E-state index in [2.05, 4.69) is 10.3 Å². The van der Waals surface area contributed by atoms with E-state index in [1.807, 2.05) is 0 Å². The van der Waals surface area contributed by atoms with Crippen LogP contribution in [0.25, 0.3) is 0 Å². The van der Waals surface area contributed by atoms with Gasteiger partial charge in [-0.2, -0.15) is 0 Å². The summed E-state index contributed by atoms with van der Waals surface area (Å²) in [7, 11) is 0. The summed E-state index contributed by atoms with van der Waals surface area (Å²) in [6.07, 6.45) is 1.42. The Hall–Kier alpha value is -2.31. The predicted molar refractivity (Wildman–Crippen MR) is 76.1 cm³/mol. The average Bonchev–Trinajstić information content (AvgIpc) is 2.37. The molecule has 0 fully saturated rings. The number of nitrogens with two attached hydrogens (primary N) is 2. The first kappa shape index (κ1) is 15.7. The SMILES string of the molecule is CCOC(=O)c1cc(N)cnc1NCC(C)(C)C(N)=O. The highest BCUT2D eigenvalue weighted by atomic mass is 16.5. The van der Waals surface area contributed by atoms with Crippen molar-refractivity contribution in [3.8, 4) is 0 Å². The molecule has 0 unspecified atom stereocenters. The second-order valence-corrected chi connectivity index (χ2v) is 4.99. The minimum Gasteiger partial charge on any atom is -0.462 e. The van der Waals surface area contributed by atoms with Gasteiger partial charge in [0.05, 0.1) is 23.9 Å². The summed E-state index contributed by atoms with van der Waals surface area (Å²) in [6.45, 7) is 5.60. The Labute approximate surface area is 117 Å². The fourth-order valence-corrected chi connectivity index (χ4v) is 1.38. The molecular weight excluding hydrogens is 260 g/mol. The van der Waals surface area contributed by atoms with Gasteiger partial charge < -0.3 is 21.5 Å². The fraction of sp³-hybridized carbons (Fsp3) is 0.462. The van der Waals surface area contributed by atoms with Crippen molar-refractivity contribution in [3.63, 3.8) is 0 Å². The molecule has 1 aromatic heterocycles. The van der Waals surface area contributed by atoms with Gasteiger partial charge in [-0.15, -0.1) is 0 Å². The molecule has 0 radical (unpaired) electrons. The molecule has 0 bridgehead atoms. The molecule has 0 saturated heterocycles. The number of carbonyl (C=O) groups excluding carboxylic acids is 2. The van der Waals surface area contributed by atoms with Crippen LogP contribution in [0.4, 0.5) is 11.5 Å². The number of anilines is 2. The smallest absolute Gasteiger partial charge is 0.341 e. The second-order valence-electron chi connectivity index (χ2n) is 4.99. The Morgan fingerprint density at radius 3 is 2.65 bits per heavy atom. The number of nitrogen functional groups attached to an aromatic ring is 1. The number of pyridine rings is 1. The van der Waals surface area contributed by atoms with E-state index >= 15 is 0 Å². The van der Waals surface area contributed by atoms with Crippen LogP contribution in [0.1, 0.15) is 31.1 Å². The highest BCUT2D eigenvalue weighted by Crippen LogP contribution is 2.20. The maximum absolute atomic E-state index is 11.8. The molecule has 1 aromatic rings. The van der Waals surface area contributed by atoms with Gasteiger partial charge in [0.1, 0.15) is 11.4 Å². The number of nitrogens with zero attached hydrogens (tertiary/aromatic N) is 1. The summed E-state index contributed by atoms with van der Waals surface area (Å²) in [5.41, 5.74) is 10.7. The van der Waals surface area contributed by atoms with Crippen molar-refractivity contribution < 1.29 is 14.3 Å². The normalized spacial score (nSPS) is 10.9. The van der Waals surface area contributed by atoms with Crippen molar-refractivity contribution in [1.29, 1.82) is 0 Å². The number of nitrogens with one attached hydrogen (secondary N) is 1. The quantitative estimate of drug-likeness (QED) is 0.662. The molecule has 0 atom stereocenters.